The molecular formula is C57H99N3O9. The van der Waals surface area contributed by atoms with Gasteiger partial charge in [-0.25, -0.2) is 28.1 Å². The predicted molar refractivity (Wildman–Crippen MR) is 283 cm³/mol. The maximum Gasteiger partial charge on any atom is 0.336 e. The predicted octanol–water partition coefficient (Wildman–Crippen LogP) is 13.6. The van der Waals surface area contributed by atoms with Gasteiger partial charge in [-0.15, -0.1) is 0 Å². The molecule has 0 saturated carbocycles. The average molecular weight is 970 g/mol. The molecular weight excluding hydrogens is 871 g/mol. The molecule has 0 amide bonds. The minimum atomic E-state index is -0.888. The van der Waals surface area contributed by atoms with E-state index in [1.165, 1.54) is 77.0 Å². The van der Waals surface area contributed by atoms with Crippen LogP contribution in [0.15, 0.2) is 50.8 Å². The van der Waals surface area contributed by atoms with Crippen LogP contribution in [0.3, 0.4) is 0 Å². The van der Waals surface area contributed by atoms with Crippen molar-refractivity contribution in [2.24, 2.45) is 0 Å². The molecule has 0 unspecified atom stereocenters. The summed E-state index contributed by atoms with van der Waals surface area (Å²) < 4.78 is 18.8. The van der Waals surface area contributed by atoms with Gasteiger partial charge in [-0.2, -0.15) is 0 Å². The second kappa shape index (κ2) is 46.4. The Balaban J connectivity index is 2.65. The number of allylic oxidation sites excluding steroid dienone is 6. The molecule has 0 fully saturated rings. The maximum absolute atomic E-state index is 13.6. The van der Waals surface area contributed by atoms with Gasteiger partial charge in [-0.1, -0.05) is 173 Å². The van der Waals surface area contributed by atoms with Crippen molar-refractivity contribution < 1.29 is 28.6 Å². The monoisotopic (exact) mass is 970 g/mol. The van der Waals surface area contributed by atoms with Crippen molar-refractivity contribution in [2.45, 2.75) is 272 Å². The molecule has 0 aromatic carbocycles. The molecule has 0 atom stereocenters. The van der Waals surface area contributed by atoms with Crippen molar-refractivity contribution in [3.8, 4) is 0 Å². The summed E-state index contributed by atoms with van der Waals surface area (Å²) in [6.07, 6.45) is 51.1. The summed E-state index contributed by atoms with van der Waals surface area (Å²) in [4.78, 5) is 78.3. The maximum atomic E-state index is 13.6. The van der Waals surface area contributed by atoms with Gasteiger partial charge < -0.3 is 14.2 Å². The number of hydrogen-bond donors (Lipinski definition) is 0. The van der Waals surface area contributed by atoms with Crippen molar-refractivity contribution >= 4 is 17.9 Å². The van der Waals surface area contributed by atoms with Crippen LogP contribution in [0.4, 0.5) is 0 Å². The molecule has 0 aliphatic carbocycles. The highest BCUT2D eigenvalue weighted by Gasteiger charge is 2.17. The lowest BCUT2D eigenvalue weighted by Crippen LogP contribution is -2.55. The van der Waals surface area contributed by atoms with Gasteiger partial charge in [0, 0.05) is 19.3 Å². The first-order valence-corrected chi connectivity index (χ1v) is 28.1. The third-order valence-corrected chi connectivity index (χ3v) is 12.5. The fraction of sp³-hybridized carbons (Fsp3) is 0.789. The lowest BCUT2D eigenvalue weighted by Gasteiger charge is -2.14. The second-order valence-corrected chi connectivity index (χ2v) is 18.8. The number of carbonyl (C=O) groups excluding carboxylic acids is 3. The smallest absolute Gasteiger partial charge is 0.336 e. The number of carbonyl (C=O) groups is 3. The van der Waals surface area contributed by atoms with Crippen LogP contribution in [0.1, 0.15) is 252 Å². The standard InChI is InChI=1S/C57H99N3O9/c1-4-7-10-13-16-19-22-25-28-31-34-37-40-43-52(61)67-49-46-58-55(64)59(47-50-68-53(62)44-41-38-35-32-29-26-23-20-17-14-11-8-5-2)57(66)60(56(58)65)48-51-69-54(63)45-42-39-36-33-30-27-24-21-18-15-12-9-6-3/h19-24H,4-18,25-51H2,1-3H3/b22-19+,23-20+,24-21+. The first-order valence-electron chi connectivity index (χ1n) is 28.1. The molecule has 0 N–H and O–H groups in total. The molecule has 0 bridgehead atoms. The zero-order valence-corrected chi connectivity index (χ0v) is 44.2. The van der Waals surface area contributed by atoms with Crippen LogP contribution in [-0.2, 0) is 48.2 Å². The summed E-state index contributed by atoms with van der Waals surface area (Å²) in [5, 5.41) is 0. The zero-order chi connectivity index (χ0) is 50.3. The Bertz CT molecular complexity index is 1480. The van der Waals surface area contributed by atoms with Gasteiger partial charge in [0.05, 0.1) is 19.6 Å². The fourth-order valence-corrected chi connectivity index (χ4v) is 8.18. The summed E-state index contributed by atoms with van der Waals surface area (Å²) in [6.45, 7) is 5.19. The van der Waals surface area contributed by atoms with Gasteiger partial charge in [-0.05, 0) is 96.3 Å². The summed E-state index contributed by atoms with van der Waals surface area (Å²) in [5.74, 6) is -1.24. The molecule has 0 radical (unpaired) electrons. The van der Waals surface area contributed by atoms with Crippen molar-refractivity contribution in [3.05, 3.63) is 67.9 Å². The van der Waals surface area contributed by atoms with Crippen molar-refractivity contribution in [1.29, 1.82) is 0 Å². The molecule has 12 heteroatoms. The molecule has 1 aromatic heterocycles. The lowest BCUT2D eigenvalue weighted by molar-refractivity contribution is -0.144. The van der Waals surface area contributed by atoms with E-state index in [1.807, 2.05) is 0 Å². The third-order valence-electron chi connectivity index (χ3n) is 12.5. The minimum absolute atomic E-state index is 0.230. The van der Waals surface area contributed by atoms with E-state index >= 15 is 0 Å². The highest BCUT2D eigenvalue weighted by atomic mass is 16.5. The van der Waals surface area contributed by atoms with Gasteiger partial charge >= 0.3 is 35.0 Å². The Hall–Kier alpha value is -3.96. The lowest BCUT2D eigenvalue weighted by atomic mass is 10.1. The number of ether oxygens (including phenoxy) is 3. The van der Waals surface area contributed by atoms with Gasteiger partial charge in [-0.3, -0.25) is 14.4 Å². The molecule has 1 rings (SSSR count). The highest BCUT2D eigenvalue weighted by Crippen LogP contribution is 2.12. The van der Waals surface area contributed by atoms with Crippen molar-refractivity contribution in [3.63, 3.8) is 0 Å². The van der Waals surface area contributed by atoms with Gasteiger partial charge in [0.1, 0.15) is 19.8 Å². The van der Waals surface area contributed by atoms with E-state index in [-0.39, 0.29) is 58.7 Å². The largest absolute Gasteiger partial charge is 0.464 e. The van der Waals surface area contributed by atoms with Gasteiger partial charge in [0.2, 0.25) is 0 Å². The molecule has 0 aliphatic rings. The van der Waals surface area contributed by atoms with Gasteiger partial charge in [0.15, 0.2) is 0 Å². The number of nitrogens with zero attached hydrogens (tertiary/aromatic N) is 3. The first-order chi connectivity index (χ1) is 33.8. The molecule has 0 aliphatic heterocycles. The Morgan fingerprint density at radius 1 is 0.319 bits per heavy atom. The average Bonchev–Trinajstić information content (AvgIpc) is 3.34. The van der Waals surface area contributed by atoms with E-state index in [1.54, 1.807) is 0 Å². The second-order valence-electron chi connectivity index (χ2n) is 18.8. The SMILES string of the molecule is CCCCCC/C=C/CCCCCCCC(=O)OCCn1c(=O)n(CCOC(=O)CCCCCCC/C=C/CCCCCC)c(=O)n(CCOC(=O)CCCCCCC/C=C/CCCCCC)c1=O. The van der Waals surface area contributed by atoms with Crippen molar-refractivity contribution in [1.82, 2.24) is 13.7 Å². The quantitative estimate of drug-likeness (QED) is 0.0270. The van der Waals surface area contributed by atoms with Crippen molar-refractivity contribution in [2.75, 3.05) is 19.8 Å². The summed E-state index contributed by atoms with van der Waals surface area (Å²) in [6, 6.07) is 0. The molecule has 1 heterocycles. The van der Waals surface area contributed by atoms with Crippen LogP contribution >= 0.6 is 0 Å². The third kappa shape index (κ3) is 35.7. The molecule has 12 nitrogen and oxygen atoms in total. The van der Waals surface area contributed by atoms with Gasteiger partial charge in [0.25, 0.3) is 0 Å². The van der Waals surface area contributed by atoms with E-state index in [0.29, 0.717) is 19.3 Å². The van der Waals surface area contributed by atoms with Crippen LogP contribution in [0.25, 0.3) is 0 Å². The van der Waals surface area contributed by atoms with E-state index in [2.05, 4.69) is 57.2 Å². The number of aromatic nitrogens is 3. The topological polar surface area (TPSA) is 145 Å². The summed E-state index contributed by atoms with van der Waals surface area (Å²) in [5.41, 5.74) is -2.66. The Morgan fingerprint density at radius 3 is 0.754 bits per heavy atom. The Kier molecular flexibility index (Phi) is 42.4. The molecule has 69 heavy (non-hydrogen) atoms. The molecule has 1 aromatic rings. The highest BCUT2D eigenvalue weighted by molar-refractivity contribution is 5.69. The van der Waals surface area contributed by atoms with Crippen LogP contribution in [0.2, 0.25) is 0 Å². The zero-order valence-electron chi connectivity index (χ0n) is 44.2. The molecule has 0 saturated heterocycles. The van der Waals surface area contributed by atoms with E-state index < -0.39 is 35.0 Å². The summed E-state index contributed by atoms with van der Waals surface area (Å²) >= 11 is 0. The molecule has 396 valence electrons. The Labute approximate surface area is 418 Å². The van der Waals surface area contributed by atoms with Crippen LogP contribution in [0, 0.1) is 0 Å². The summed E-state index contributed by atoms with van der Waals surface area (Å²) in [7, 11) is 0. The normalized spacial score (nSPS) is 11.7. The minimum Gasteiger partial charge on any atom is -0.464 e. The van der Waals surface area contributed by atoms with Crippen LogP contribution < -0.4 is 17.1 Å². The van der Waals surface area contributed by atoms with Crippen LogP contribution in [0.5, 0.6) is 0 Å². The number of unbranched alkanes of at least 4 members (excludes halogenated alkanes) is 27. The van der Waals surface area contributed by atoms with E-state index in [0.717, 1.165) is 129 Å². The number of esters is 3. The first kappa shape index (κ1) is 63.1. The van der Waals surface area contributed by atoms with Crippen LogP contribution in [-0.4, -0.2) is 51.4 Å². The van der Waals surface area contributed by atoms with E-state index in [4.69, 9.17) is 14.2 Å². The van der Waals surface area contributed by atoms with E-state index in [9.17, 15) is 28.8 Å². The fourth-order valence-electron chi connectivity index (χ4n) is 8.18. The Morgan fingerprint density at radius 2 is 0.522 bits per heavy atom. The number of rotatable bonds is 48. The number of hydrogen-bond acceptors (Lipinski definition) is 9. The molecule has 0 spiro atoms.